The third-order valence-corrected chi connectivity index (χ3v) is 4.29. The molecule has 1 aliphatic heterocycles. The van der Waals surface area contributed by atoms with Crippen molar-refractivity contribution in [3.05, 3.63) is 23.2 Å². The zero-order valence-electron chi connectivity index (χ0n) is 12.8. The van der Waals surface area contributed by atoms with E-state index in [9.17, 15) is 0 Å². The zero-order chi connectivity index (χ0) is 13.8. The molecule has 0 saturated carbocycles. The lowest BCUT2D eigenvalue weighted by molar-refractivity contribution is 0.152. The fourth-order valence-corrected chi connectivity index (χ4v) is 3.10. The van der Waals surface area contributed by atoms with Crippen molar-refractivity contribution in [3.8, 4) is 0 Å². The average molecular weight is 264 g/mol. The van der Waals surface area contributed by atoms with Gasteiger partial charge in [-0.2, -0.15) is 0 Å². The second-order valence-corrected chi connectivity index (χ2v) is 5.81. The number of hydrogen-bond donors (Lipinski definition) is 1. The van der Waals surface area contributed by atoms with Crippen LogP contribution in [0.4, 0.5) is 0 Å². The minimum atomic E-state index is 0.476. The normalized spacial score (nSPS) is 19.8. The van der Waals surface area contributed by atoms with Gasteiger partial charge in [-0.3, -0.25) is 4.90 Å². The van der Waals surface area contributed by atoms with Gasteiger partial charge in [0.05, 0.1) is 0 Å². The number of nitrogens with zero attached hydrogens (tertiary/aromatic N) is 1. The lowest BCUT2D eigenvalue weighted by Crippen LogP contribution is -2.43. The molecule has 1 fully saturated rings. The summed E-state index contributed by atoms with van der Waals surface area (Å²) in [6.07, 6.45) is 3.75. The van der Waals surface area contributed by atoms with Crippen molar-refractivity contribution in [3.63, 3.8) is 0 Å². The lowest BCUT2D eigenvalue weighted by atomic mass is 10.0. The first-order chi connectivity index (χ1) is 9.11. The highest BCUT2D eigenvalue weighted by Gasteiger charge is 2.25. The highest BCUT2D eigenvalue weighted by molar-refractivity contribution is 5.23. The molecule has 1 aromatic heterocycles. The summed E-state index contributed by atoms with van der Waals surface area (Å²) in [5, 5.41) is 3.64. The van der Waals surface area contributed by atoms with Crippen LogP contribution in [0.1, 0.15) is 56.2 Å². The van der Waals surface area contributed by atoms with Crippen LogP contribution in [0.15, 0.2) is 10.5 Å². The number of hydrogen-bond acceptors (Lipinski definition) is 3. The molecule has 1 saturated heterocycles. The van der Waals surface area contributed by atoms with E-state index in [2.05, 4.69) is 37.1 Å². The van der Waals surface area contributed by atoms with E-state index in [0.29, 0.717) is 6.04 Å². The molecule has 1 N–H and O–H groups in total. The predicted molar refractivity (Wildman–Crippen MR) is 79.5 cm³/mol. The summed E-state index contributed by atoms with van der Waals surface area (Å²) in [5.41, 5.74) is 1.36. The van der Waals surface area contributed by atoms with Gasteiger partial charge in [0.15, 0.2) is 0 Å². The van der Waals surface area contributed by atoms with Gasteiger partial charge in [0.2, 0.25) is 0 Å². The predicted octanol–water partition coefficient (Wildman–Crippen LogP) is 3.42. The van der Waals surface area contributed by atoms with Crippen LogP contribution in [0.2, 0.25) is 0 Å². The minimum absolute atomic E-state index is 0.476. The Morgan fingerprint density at radius 3 is 2.58 bits per heavy atom. The summed E-state index contributed by atoms with van der Waals surface area (Å²) in [4.78, 5) is 2.58. The fraction of sp³-hybridized carbons (Fsp3) is 0.750. The number of rotatable bonds is 5. The molecule has 1 aromatic rings. The maximum atomic E-state index is 5.66. The van der Waals surface area contributed by atoms with Crippen molar-refractivity contribution < 1.29 is 4.42 Å². The monoisotopic (exact) mass is 264 g/mol. The molecule has 0 aromatic carbocycles. The smallest absolute Gasteiger partial charge is 0.105 e. The van der Waals surface area contributed by atoms with Crippen LogP contribution >= 0.6 is 0 Å². The van der Waals surface area contributed by atoms with Crippen LogP contribution < -0.4 is 5.32 Å². The van der Waals surface area contributed by atoms with Gasteiger partial charge in [0.25, 0.3) is 0 Å². The third-order valence-electron chi connectivity index (χ3n) is 4.29. The van der Waals surface area contributed by atoms with Crippen molar-refractivity contribution >= 4 is 0 Å². The quantitative estimate of drug-likeness (QED) is 0.883. The first kappa shape index (κ1) is 14.6. The van der Waals surface area contributed by atoms with Crippen molar-refractivity contribution in [1.82, 2.24) is 10.2 Å². The van der Waals surface area contributed by atoms with Crippen LogP contribution in [0.25, 0.3) is 0 Å². The van der Waals surface area contributed by atoms with Gasteiger partial charge in [0.1, 0.15) is 11.5 Å². The van der Waals surface area contributed by atoms with E-state index in [4.69, 9.17) is 4.42 Å². The third kappa shape index (κ3) is 3.61. The second-order valence-electron chi connectivity index (χ2n) is 5.81. The maximum absolute atomic E-state index is 5.66. The molecule has 0 amide bonds. The fourth-order valence-electron chi connectivity index (χ4n) is 3.10. The van der Waals surface area contributed by atoms with E-state index in [-0.39, 0.29) is 0 Å². The SMILES string of the molecule is CCCNC1CCN(C(C)c2cc(C)oc2C)CC1. The van der Waals surface area contributed by atoms with Gasteiger partial charge in [-0.25, -0.2) is 0 Å². The van der Waals surface area contributed by atoms with Gasteiger partial charge < -0.3 is 9.73 Å². The highest BCUT2D eigenvalue weighted by Crippen LogP contribution is 2.28. The van der Waals surface area contributed by atoms with Crippen LogP contribution in [0.5, 0.6) is 0 Å². The molecule has 2 rings (SSSR count). The van der Waals surface area contributed by atoms with Crippen LogP contribution in [-0.2, 0) is 0 Å². The lowest BCUT2D eigenvalue weighted by Gasteiger charge is -2.36. The van der Waals surface area contributed by atoms with E-state index in [0.717, 1.165) is 24.1 Å². The van der Waals surface area contributed by atoms with Gasteiger partial charge in [-0.05, 0) is 52.6 Å². The average Bonchev–Trinajstić information content (AvgIpc) is 2.75. The molecule has 3 nitrogen and oxygen atoms in total. The number of furan rings is 1. The molecule has 108 valence electrons. The summed E-state index contributed by atoms with van der Waals surface area (Å²) < 4.78 is 5.66. The van der Waals surface area contributed by atoms with E-state index in [1.807, 2.05) is 6.92 Å². The molecule has 1 unspecified atom stereocenters. The standard InChI is InChI=1S/C16H28N2O/c1-5-8-17-15-6-9-18(10-7-15)13(3)16-11-12(2)19-14(16)4/h11,13,15,17H,5-10H2,1-4H3. The summed E-state index contributed by atoms with van der Waals surface area (Å²) in [7, 11) is 0. The van der Waals surface area contributed by atoms with Crippen LogP contribution in [-0.4, -0.2) is 30.6 Å². The molecule has 1 atom stereocenters. The largest absolute Gasteiger partial charge is 0.466 e. The Morgan fingerprint density at radius 2 is 2.05 bits per heavy atom. The molecule has 19 heavy (non-hydrogen) atoms. The van der Waals surface area contributed by atoms with Crippen LogP contribution in [0.3, 0.4) is 0 Å². The van der Waals surface area contributed by atoms with E-state index in [1.165, 1.54) is 37.9 Å². The Labute approximate surface area is 117 Å². The topological polar surface area (TPSA) is 28.4 Å². The van der Waals surface area contributed by atoms with E-state index in [1.54, 1.807) is 0 Å². The zero-order valence-corrected chi connectivity index (χ0v) is 12.8. The maximum Gasteiger partial charge on any atom is 0.105 e. The summed E-state index contributed by atoms with van der Waals surface area (Å²) in [6.45, 7) is 12.2. The van der Waals surface area contributed by atoms with Gasteiger partial charge in [-0.1, -0.05) is 6.92 Å². The van der Waals surface area contributed by atoms with E-state index >= 15 is 0 Å². The molecule has 0 spiro atoms. The van der Waals surface area contributed by atoms with E-state index < -0.39 is 0 Å². The molecule has 2 heterocycles. The Balaban J connectivity index is 1.89. The van der Waals surface area contributed by atoms with Gasteiger partial charge in [0, 0.05) is 30.7 Å². The minimum Gasteiger partial charge on any atom is -0.466 e. The Kier molecular flexibility index (Phi) is 5.06. The molecule has 0 aliphatic carbocycles. The molecular formula is C16H28N2O. The molecule has 0 bridgehead atoms. The number of piperidine rings is 1. The van der Waals surface area contributed by atoms with Gasteiger partial charge >= 0.3 is 0 Å². The molecule has 0 radical (unpaired) electrons. The van der Waals surface area contributed by atoms with Crippen molar-refractivity contribution in [2.75, 3.05) is 19.6 Å². The number of likely N-dealkylation sites (tertiary alicyclic amines) is 1. The first-order valence-corrected chi connectivity index (χ1v) is 7.66. The van der Waals surface area contributed by atoms with Crippen molar-refractivity contribution in [2.24, 2.45) is 0 Å². The Morgan fingerprint density at radius 1 is 1.37 bits per heavy atom. The van der Waals surface area contributed by atoms with Crippen molar-refractivity contribution in [1.29, 1.82) is 0 Å². The second kappa shape index (κ2) is 6.58. The van der Waals surface area contributed by atoms with Crippen LogP contribution in [0, 0.1) is 13.8 Å². The Hall–Kier alpha value is -0.800. The molecule has 1 aliphatic rings. The summed E-state index contributed by atoms with van der Waals surface area (Å²) in [5.74, 6) is 2.11. The summed E-state index contributed by atoms with van der Waals surface area (Å²) in [6, 6.07) is 3.39. The molecule has 3 heteroatoms. The molecular weight excluding hydrogens is 236 g/mol. The van der Waals surface area contributed by atoms with Crippen molar-refractivity contribution in [2.45, 2.75) is 59.0 Å². The number of nitrogens with one attached hydrogen (secondary N) is 1. The highest BCUT2D eigenvalue weighted by atomic mass is 16.3. The Bertz CT molecular complexity index is 391. The number of aryl methyl sites for hydroxylation is 2. The summed E-state index contributed by atoms with van der Waals surface area (Å²) >= 11 is 0. The van der Waals surface area contributed by atoms with Gasteiger partial charge in [-0.15, -0.1) is 0 Å². The first-order valence-electron chi connectivity index (χ1n) is 7.66.